The maximum Gasteiger partial charge on any atom is 0.163 e. The highest BCUT2D eigenvalue weighted by atomic mass is 16.5. The number of hydrogen-bond acceptors (Lipinski definition) is 4. The second-order valence-electron chi connectivity index (χ2n) is 4.96. The van der Waals surface area contributed by atoms with Crippen molar-refractivity contribution >= 4 is 0 Å². The molecule has 0 aliphatic carbocycles. The molecule has 2 aromatic heterocycles. The Bertz CT molecular complexity index is 633. The molecule has 0 aliphatic heterocycles. The van der Waals surface area contributed by atoms with Crippen molar-refractivity contribution in [3.8, 4) is 11.5 Å². The van der Waals surface area contributed by atoms with Crippen LogP contribution in [0.5, 0.6) is 11.5 Å². The Morgan fingerprint density at radius 2 is 1.85 bits per heavy atom. The third kappa shape index (κ3) is 2.48. The summed E-state index contributed by atoms with van der Waals surface area (Å²) in [6.07, 6.45) is 1.81. The minimum atomic E-state index is 0.413. The zero-order chi connectivity index (χ0) is 14.9. The quantitative estimate of drug-likeness (QED) is 0.860. The summed E-state index contributed by atoms with van der Waals surface area (Å²) in [6, 6.07) is 0. The number of aryl methyl sites for hydroxylation is 3. The summed E-state index contributed by atoms with van der Waals surface area (Å²) in [6.45, 7) is 8.33. The Kier molecular flexibility index (Phi) is 3.97. The second-order valence-corrected chi connectivity index (χ2v) is 4.96. The Morgan fingerprint density at radius 3 is 2.40 bits per heavy atom. The first-order valence-corrected chi connectivity index (χ1v) is 6.57. The van der Waals surface area contributed by atoms with Crippen molar-refractivity contribution in [1.29, 1.82) is 0 Å². The zero-order valence-electron chi connectivity index (χ0n) is 12.9. The van der Waals surface area contributed by atoms with Crippen LogP contribution in [0.15, 0.2) is 6.20 Å². The van der Waals surface area contributed by atoms with Crippen molar-refractivity contribution in [3.63, 3.8) is 0 Å². The molecule has 0 saturated heterocycles. The standard InChI is InChI=1S/C15H21N3O2/c1-9-7-16-13(10(2)14(9)19-6)8-20-15-11(3)17-18(5)12(15)4/h7H,8H2,1-6H3. The lowest BCUT2D eigenvalue weighted by atomic mass is 10.1. The van der Waals surface area contributed by atoms with Crippen molar-refractivity contribution in [1.82, 2.24) is 14.8 Å². The first kappa shape index (κ1) is 14.4. The minimum absolute atomic E-state index is 0.413. The van der Waals surface area contributed by atoms with E-state index in [1.807, 2.05) is 45.6 Å². The smallest absolute Gasteiger partial charge is 0.163 e. The molecule has 2 aromatic rings. The molecule has 0 aliphatic rings. The minimum Gasteiger partial charge on any atom is -0.496 e. The van der Waals surface area contributed by atoms with Gasteiger partial charge in [0.15, 0.2) is 5.75 Å². The van der Waals surface area contributed by atoms with Gasteiger partial charge in [0.25, 0.3) is 0 Å². The summed E-state index contributed by atoms with van der Waals surface area (Å²) in [5.41, 5.74) is 4.84. The van der Waals surface area contributed by atoms with Crippen LogP contribution in [0.25, 0.3) is 0 Å². The first-order chi connectivity index (χ1) is 9.45. The van der Waals surface area contributed by atoms with Gasteiger partial charge in [-0.25, -0.2) is 0 Å². The van der Waals surface area contributed by atoms with Crippen LogP contribution in [-0.4, -0.2) is 21.9 Å². The normalized spacial score (nSPS) is 10.7. The van der Waals surface area contributed by atoms with Gasteiger partial charge in [-0.15, -0.1) is 0 Å². The van der Waals surface area contributed by atoms with Crippen LogP contribution in [0.1, 0.15) is 28.2 Å². The maximum absolute atomic E-state index is 5.89. The molecule has 5 nitrogen and oxygen atoms in total. The lowest BCUT2D eigenvalue weighted by molar-refractivity contribution is 0.294. The van der Waals surface area contributed by atoms with Gasteiger partial charge in [0, 0.05) is 24.4 Å². The van der Waals surface area contributed by atoms with Crippen LogP contribution in [0.4, 0.5) is 0 Å². The van der Waals surface area contributed by atoms with E-state index < -0.39 is 0 Å². The van der Waals surface area contributed by atoms with E-state index in [1.54, 1.807) is 7.11 Å². The van der Waals surface area contributed by atoms with Crippen molar-refractivity contribution in [2.75, 3.05) is 7.11 Å². The SMILES string of the molecule is COc1c(C)cnc(COc2c(C)nn(C)c2C)c1C. The molecule has 0 saturated carbocycles. The molecule has 0 amide bonds. The van der Waals surface area contributed by atoms with Crippen molar-refractivity contribution in [2.24, 2.45) is 7.05 Å². The summed E-state index contributed by atoms with van der Waals surface area (Å²) < 4.78 is 13.1. The summed E-state index contributed by atoms with van der Waals surface area (Å²) in [5.74, 6) is 1.70. The number of pyridine rings is 1. The topological polar surface area (TPSA) is 49.2 Å². The summed E-state index contributed by atoms with van der Waals surface area (Å²) in [5, 5.41) is 4.34. The summed E-state index contributed by atoms with van der Waals surface area (Å²) >= 11 is 0. The molecule has 0 aromatic carbocycles. The van der Waals surface area contributed by atoms with Gasteiger partial charge in [0.05, 0.1) is 18.5 Å². The number of aromatic nitrogens is 3. The lowest BCUT2D eigenvalue weighted by Crippen LogP contribution is -2.05. The molecule has 0 N–H and O–H groups in total. The predicted molar refractivity (Wildman–Crippen MR) is 77.3 cm³/mol. The van der Waals surface area contributed by atoms with Crippen molar-refractivity contribution in [2.45, 2.75) is 34.3 Å². The number of hydrogen-bond donors (Lipinski definition) is 0. The molecule has 0 bridgehead atoms. The highest BCUT2D eigenvalue weighted by molar-refractivity contribution is 5.41. The molecule has 0 atom stereocenters. The van der Waals surface area contributed by atoms with E-state index in [0.717, 1.165) is 39.7 Å². The zero-order valence-corrected chi connectivity index (χ0v) is 12.9. The van der Waals surface area contributed by atoms with Gasteiger partial charge in [-0.1, -0.05) is 0 Å². The lowest BCUT2D eigenvalue weighted by Gasteiger charge is -2.13. The third-order valence-corrected chi connectivity index (χ3v) is 3.55. The van der Waals surface area contributed by atoms with E-state index in [2.05, 4.69) is 10.1 Å². The number of nitrogens with zero attached hydrogens (tertiary/aromatic N) is 3. The molecule has 0 unspecified atom stereocenters. The number of rotatable bonds is 4. The molecule has 20 heavy (non-hydrogen) atoms. The largest absolute Gasteiger partial charge is 0.496 e. The van der Waals surface area contributed by atoms with E-state index in [0.29, 0.717) is 6.61 Å². The molecule has 108 valence electrons. The summed E-state index contributed by atoms with van der Waals surface area (Å²) in [7, 11) is 3.59. The van der Waals surface area contributed by atoms with E-state index in [1.165, 1.54) is 0 Å². The van der Waals surface area contributed by atoms with Gasteiger partial charge in [0.1, 0.15) is 18.1 Å². The van der Waals surface area contributed by atoms with Crippen LogP contribution in [0, 0.1) is 27.7 Å². The predicted octanol–water partition coefficient (Wildman–Crippen LogP) is 2.64. The third-order valence-electron chi connectivity index (χ3n) is 3.55. The Labute approximate surface area is 119 Å². The monoisotopic (exact) mass is 275 g/mol. The van der Waals surface area contributed by atoms with E-state index in [4.69, 9.17) is 9.47 Å². The van der Waals surface area contributed by atoms with E-state index >= 15 is 0 Å². The average molecular weight is 275 g/mol. The Balaban J connectivity index is 2.23. The van der Waals surface area contributed by atoms with Crippen LogP contribution < -0.4 is 9.47 Å². The second kappa shape index (κ2) is 5.53. The van der Waals surface area contributed by atoms with Gasteiger partial charge in [-0.3, -0.25) is 9.67 Å². The molecule has 0 spiro atoms. The molecule has 0 fully saturated rings. The fraction of sp³-hybridized carbons (Fsp3) is 0.467. The van der Waals surface area contributed by atoms with Gasteiger partial charge in [-0.05, 0) is 27.7 Å². The van der Waals surface area contributed by atoms with E-state index in [9.17, 15) is 0 Å². The van der Waals surface area contributed by atoms with Crippen LogP contribution >= 0.6 is 0 Å². The number of ether oxygens (including phenoxy) is 2. The average Bonchev–Trinajstić information content (AvgIpc) is 2.64. The fourth-order valence-electron chi connectivity index (χ4n) is 2.32. The molecule has 2 rings (SSSR count). The van der Waals surface area contributed by atoms with Crippen LogP contribution in [0.3, 0.4) is 0 Å². The van der Waals surface area contributed by atoms with Gasteiger partial charge in [0.2, 0.25) is 0 Å². The highest BCUT2D eigenvalue weighted by Crippen LogP contribution is 2.26. The Hall–Kier alpha value is -2.04. The molecule has 0 radical (unpaired) electrons. The molecule has 5 heteroatoms. The number of methoxy groups -OCH3 is 1. The Morgan fingerprint density at radius 1 is 1.15 bits per heavy atom. The van der Waals surface area contributed by atoms with Crippen molar-refractivity contribution in [3.05, 3.63) is 34.4 Å². The molecular formula is C15H21N3O2. The van der Waals surface area contributed by atoms with Crippen LogP contribution in [0.2, 0.25) is 0 Å². The van der Waals surface area contributed by atoms with Crippen molar-refractivity contribution < 1.29 is 9.47 Å². The van der Waals surface area contributed by atoms with Gasteiger partial charge < -0.3 is 9.47 Å². The molecular weight excluding hydrogens is 254 g/mol. The first-order valence-electron chi connectivity index (χ1n) is 6.57. The fourth-order valence-corrected chi connectivity index (χ4v) is 2.32. The maximum atomic E-state index is 5.89. The van der Waals surface area contributed by atoms with Gasteiger partial charge >= 0.3 is 0 Å². The highest BCUT2D eigenvalue weighted by Gasteiger charge is 2.14. The van der Waals surface area contributed by atoms with E-state index in [-0.39, 0.29) is 0 Å². The summed E-state index contributed by atoms with van der Waals surface area (Å²) in [4.78, 5) is 4.44. The molecule has 2 heterocycles. The van der Waals surface area contributed by atoms with Gasteiger partial charge in [-0.2, -0.15) is 5.10 Å². The van der Waals surface area contributed by atoms with Crippen LogP contribution in [-0.2, 0) is 13.7 Å².